The van der Waals surface area contributed by atoms with Crippen LogP contribution in [0.25, 0.3) is 0 Å². The van der Waals surface area contributed by atoms with Gasteiger partial charge in [-0.25, -0.2) is 0 Å². The van der Waals surface area contributed by atoms with Crippen LogP contribution < -0.4 is 0 Å². The fourth-order valence-corrected chi connectivity index (χ4v) is 6.46. The van der Waals surface area contributed by atoms with Crippen molar-refractivity contribution >= 4 is 11.6 Å². The molecule has 3 saturated carbocycles. The largest absolute Gasteiger partial charge is 0.393 e. The lowest BCUT2D eigenvalue weighted by atomic mass is 9.46. The van der Waals surface area contributed by atoms with Crippen molar-refractivity contribution in [3.63, 3.8) is 0 Å². The van der Waals surface area contributed by atoms with Crippen molar-refractivity contribution in [1.29, 1.82) is 0 Å². The average molecular weight is 302 g/mol. The van der Waals surface area contributed by atoms with Gasteiger partial charge in [-0.15, -0.1) is 0 Å². The van der Waals surface area contributed by atoms with Gasteiger partial charge in [-0.2, -0.15) is 0 Å². The van der Waals surface area contributed by atoms with Crippen LogP contribution in [0.3, 0.4) is 0 Å². The molecule has 3 fully saturated rings. The first kappa shape index (κ1) is 14.6. The highest BCUT2D eigenvalue weighted by molar-refractivity contribution is 5.91. The number of carbonyl (C=O) groups excluding carboxylic acids is 2. The van der Waals surface area contributed by atoms with Gasteiger partial charge in [0.15, 0.2) is 5.78 Å². The lowest BCUT2D eigenvalue weighted by Crippen LogP contribution is -2.56. The molecule has 0 heterocycles. The molecule has 0 aromatic rings. The fourth-order valence-electron chi connectivity index (χ4n) is 6.46. The molecule has 0 saturated heterocycles. The third kappa shape index (κ3) is 1.72. The van der Waals surface area contributed by atoms with Crippen LogP contribution in [0, 0.1) is 28.6 Å². The van der Waals surface area contributed by atoms with Crippen molar-refractivity contribution in [1.82, 2.24) is 0 Å². The molecule has 5 unspecified atom stereocenters. The summed E-state index contributed by atoms with van der Waals surface area (Å²) in [5.74, 6) is 1.71. The van der Waals surface area contributed by atoms with Gasteiger partial charge in [-0.1, -0.05) is 19.4 Å². The highest BCUT2D eigenvalue weighted by Gasteiger charge is 2.61. The van der Waals surface area contributed by atoms with Crippen LogP contribution in [-0.4, -0.2) is 22.8 Å². The van der Waals surface area contributed by atoms with E-state index in [-0.39, 0.29) is 22.5 Å². The Balaban J connectivity index is 1.75. The number of Topliss-reactive ketones (excluding diaryl/α,β-unsaturated/α-hetero) is 1. The van der Waals surface area contributed by atoms with Gasteiger partial charge in [-0.3, -0.25) is 9.59 Å². The SMILES string of the molecule is CC12CC(O)C3C(CCC4=CC(=O)CC[C@@]43C)C1CCC2=O. The third-order valence-electron chi connectivity index (χ3n) is 7.61. The summed E-state index contributed by atoms with van der Waals surface area (Å²) >= 11 is 0. The zero-order valence-corrected chi connectivity index (χ0v) is 13.6. The number of aliphatic hydroxyl groups excluding tert-OH is 1. The van der Waals surface area contributed by atoms with Gasteiger partial charge in [0.1, 0.15) is 5.78 Å². The van der Waals surface area contributed by atoms with E-state index in [9.17, 15) is 14.7 Å². The summed E-state index contributed by atoms with van der Waals surface area (Å²) < 4.78 is 0. The molecule has 0 aromatic carbocycles. The summed E-state index contributed by atoms with van der Waals surface area (Å²) in [6, 6.07) is 0. The monoisotopic (exact) mass is 302 g/mol. The number of hydrogen-bond acceptors (Lipinski definition) is 3. The molecule has 1 N–H and O–H groups in total. The molecule has 0 spiro atoms. The quantitative estimate of drug-likeness (QED) is 0.748. The summed E-state index contributed by atoms with van der Waals surface area (Å²) in [7, 11) is 0. The van der Waals surface area contributed by atoms with E-state index in [4.69, 9.17) is 0 Å². The van der Waals surface area contributed by atoms with Crippen molar-refractivity contribution < 1.29 is 14.7 Å². The van der Waals surface area contributed by atoms with E-state index in [0.717, 1.165) is 25.7 Å². The van der Waals surface area contributed by atoms with Gasteiger partial charge < -0.3 is 5.11 Å². The summed E-state index contributed by atoms with van der Waals surface area (Å²) in [6.45, 7) is 4.34. The molecule has 120 valence electrons. The molecule has 0 radical (unpaired) electrons. The van der Waals surface area contributed by atoms with Gasteiger partial charge in [0.05, 0.1) is 6.10 Å². The molecule has 4 rings (SSSR count). The number of aliphatic hydroxyl groups is 1. The molecular weight excluding hydrogens is 276 g/mol. The van der Waals surface area contributed by atoms with Crippen molar-refractivity contribution in [2.75, 3.05) is 0 Å². The minimum atomic E-state index is -0.407. The summed E-state index contributed by atoms with van der Waals surface area (Å²) in [5, 5.41) is 10.9. The van der Waals surface area contributed by atoms with E-state index in [2.05, 4.69) is 13.8 Å². The number of ketones is 2. The molecule has 0 aromatic heterocycles. The number of rotatable bonds is 0. The van der Waals surface area contributed by atoms with E-state index in [1.165, 1.54) is 5.57 Å². The average Bonchev–Trinajstić information content (AvgIpc) is 2.75. The lowest BCUT2D eigenvalue weighted by molar-refractivity contribution is -0.147. The van der Waals surface area contributed by atoms with Crippen molar-refractivity contribution in [3.8, 4) is 0 Å². The van der Waals surface area contributed by atoms with Gasteiger partial charge in [0.2, 0.25) is 0 Å². The summed E-state index contributed by atoms with van der Waals surface area (Å²) in [6.07, 6.45) is 7.24. The molecule has 6 atom stereocenters. The molecule has 0 aliphatic heterocycles. The Morgan fingerprint density at radius 1 is 1.09 bits per heavy atom. The molecular formula is C19H26O3. The molecule has 0 amide bonds. The van der Waals surface area contributed by atoms with E-state index >= 15 is 0 Å². The van der Waals surface area contributed by atoms with Crippen molar-refractivity contribution in [2.24, 2.45) is 28.6 Å². The van der Waals surface area contributed by atoms with Crippen LogP contribution in [0.5, 0.6) is 0 Å². The van der Waals surface area contributed by atoms with Gasteiger partial charge in [0.25, 0.3) is 0 Å². The molecule has 3 heteroatoms. The second-order valence-electron chi connectivity index (χ2n) is 8.54. The zero-order valence-electron chi connectivity index (χ0n) is 13.6. The first-order valence-electron chi connectivity index (χ1n) is 8.81. The first-order chi connectivity index (χ1) is 10.4. The van der Waals surface area contributed by atoms with Crippen LogP contribution in [0.15, 0.2) is 11.6 Å². The van der Waals surface area contributed by atoms with Crippen LogP contribution in [0.2, 0.25) is 0 Å². The maximum atomic E-state index is 12.4. The fraction of sp³-hybridized carbons (Fsp3) is 0.789. The molecule has 22 heavy (non-hydrogen) atoms. The van der Waals surface area contributed by atoms with Crippen LogP contribution in [0.4, 0.5) is 0 Å². The Kier molecular flexibility index (Phi) is 3.01. The second-order valence-corrected chi connectivity index (χ2v) is 8.54. The Morgan fingerprint density at radius 2 is 1.86 bits per heavy atom. The summed E-state index contributed by atoms with van der Waals surface area (Å²) in [5.41, 5.74) is 0.920. The lowest BCUT2D eigenvalue weighted by Gasteiger charge is -2.58. The van der Waals surface area contributed by atoms with Crippen LogP contribution in [-0.2, 0) is 9.59 Å². The Morgan fingerprint density at radius 3 is 2.64 bits per heavy atom. The van der Waals surface area contributed by atoms with E-state index in [0.29, 0.717) is 36.9 Å². The maximum Gasteiger partial charge on any atom is 0.155 e. The molecule has 4 aliphatic carbocycles. The predicted octanol–water partition coefficient (Wildman–Crippen LogP) is 3.06. The minimum Gasteiger partial charge on any atom is -0.393 e. The topological polar surface area (TPSA) is 54.4 Å². The van der Waals surface area contributed by atoms with Crippen molar-refractivity contribution in [2.45, 2.75) is 64.9 Å². The Labute approximate surface area is 132 Å². The number of fused-ring (bicyclic) bond motifs is 5. The highest BCUT2D eigenvalue weighted by atomic mass is 16.3. The molecule has 3 nitrogen and oxygen atoms in total. The third-order valence-corrected chi connectivity index (χ3v) is 7.61. The molecule has 0 bridgehead atoms. The van der Waals surface area contributed by atoms with Crippen LogP contribution in [0.1, 0.15) is 58.8 Å². The number of carbonyl (C=O) groups is 2. The highest BCUT2D eigenvalue weighted by Crippen LogP contribution is 2.64. The first-order valence-corrected chi connectivity index (χ1v) is 8.81. The normalized spacial score (nSPS) is 51.0. The van der Waals surface area contributed by atoms with Gasteiger partial charge >= 0.3 is 0 Å². The Bertz CT molecular complexity index is 577. The minimum absolute atomic E-state index is 0.0385. The number of allylic oxidation sites excluding steroid dienone is 1. The smallest absolute Gasteiger partial charge is 0.155 e. The standard InChI is InChI=1S/C19H26O3/c1-18-8-7-12(20)9-11(18)3-4-13-14-5-6-16(22)19(14,2)10-15(21)17(13)18/h9,13-15,17,21H,3-8,10H2,1-2H3/t13?,14?,15?,17?,18-,19?/m0/s1. The second kappa shape index (κ2) is 4.53. The zero-order chi connectivity index (χ0) is 15.7. The maximum absolute atomic E-state index is 12.4. The van der Waals surface area contributed by atoms with Gasteiger partial charge in [0, 0.05) is 18.3 Å². The van der Waals surface area contributed by atoms with Crippen LogP contribution >= 0.6 is 0 Å². The van der Waals surface area contributed by atoms with E-state index in [1.54, 1.807) is 0 Å². The molecule has 4 aliphatic rings. The van der Waals surface area contributed by atoms with Crippen molar-refractivity contribution in [3.05, 3.63) is 11.6 Å². The Hall–Kier alpha value is -0.960. The van der Waals surface area contributed by atoms with E-state index in [1.807, 2.05) is 6.08 Å². The predicted molar refractivity (Wildman–Crippen MR) is 83.1 cm³/mol. The summed E-state index contributed by atoms with van der Waals surface area (Å²) in [4.78, 5) is 24.2. The number of hydrogen-bond donors (Lipinski definition) is 1. The van der Waals surface area contributed by atoms with E-state index < -0.39 is 6.10 Å². The van der Waals surface area contributed by atoms with Gasteiger partial charge in [-0.05, 0) is 61.3 Å².